The second-order valence-corrected chi connectivity index (χ2v) is 10.9. The van der Waals surface area contributed by atoms with E-state index >= 15 is 0 Å². The van der Waals surface area contributed by atoms with E-state index in [9.17, 15) is 18.0 Å². The molecule has 0 atom stereocenters. The van der Waals surface area contributed by atoms with E-state index in [2.05, 4.69) is 9.97 Å². The van der Waals surface area contributed by atoms with Crippen molar-refractivity contribution in [3.63, 3.8) is 0 Å². The lowest BCUT2D eigenvalue weighted by atomic mass is 10.0. The summed E-state index contributed by atoms with van der Waals surface area (Å²) in [5, 5.41) is 0. The van der Waals surface area contributed by atoms with E-state index in [1.54, 1.807) is 36.4 Å². The van der Waals surface area contributed by atoms with Crippen molar-refractivity contribution in [3.8, 4) is 23.2 Å². The number of oxazole rings is 1. The van der Waals surface area contributed by atoms with Gasteiger partial charge in [-0.1, -0.05) is 72.8 Å². The first kappa shape index (κ1) is 29.1. The Morgan fingerprint density at radius 3 is 2.22 bits per heavy atom. The number of rotatable bonds is 8. The van der Waals surface area contributed by atoms with Crippen LogP contribution in [0, 0.1) is 0 Å². The summed E-state index contributed by atoms with van der Waals surface area (Å²) in [6.07, 6.45) is -4.50. The molecule has 46 heavy (non-hydrogen) atoms. The SMILES string of the molecule is O=C(c1ccc2nc(-c3ccc(OCc4ccccc4)nc3OCc3ccccc3)oc2c1)N1Cc2cccc(C(F)(F)F)c2C1. The molecule has 10 heteroatoms. The Morgan fingerprint density at radius 2 is 1.50 bits per heavy atom. The molecule has 7 rings (SSSR count). The number of amides is 1. The number of pyridine rings is 1. The average molecular weight is 622 g/mol. The number of benzene rings is 4. The van der Waals surface area contributed by atoms with Crippen molar-refractivity contribution in [2.75, 3.05) is 0 Å². The Morgan fingerprint density at radius 1 is 0.783 bits per heavy atom. The Kier molecular flexibility index (Phi) is 7.61. The van der Waals surface area contributed by atoms with Crippen LogP contribution in [0.15, 0.2) is 114 Å². The van der Waals surface area contributed by atoms with Crippen LogP contribution in [-0.4, -0.2) is 20.8 Å². The molecule has 6 aromatic rings. The van der Waals surface area contributed by atoms with Crippen LogP contribution < -0.4 is 9.47 Å². The highest BCUT2D eigenvalue weighted by molar-refractivity contribution is 5.97. The Bertz CT molecular complexity index is 2030. The van der Waals surface area contributed by atoms with Crippen LogP contribution in [0.4, 0.5) is 13.2 Å². The van der Waals surface area contributed by atoms with Crippen LogP contribution in [-0.2, 0) is 32.5 Å². The second-order valence-electron chi connectivity index (χ2n) is 10.9. The van der Waals surface area contributed by atoms with Gasteiger partial charge in [0.15, 0.2) is 5.58 Å². The summed E-state index contributed by atoms with van der Waals surface area (Å²) in [5.74, 6) is 0.443. The van der Waals surface area contributed by atoms with E-state index in [1.165, 1.54) is 11.0 Å². The Balaban J connectivity index is 1.15. The third-order valence-corrected chi connectivity index (χ3v) is 7.72. The quantitative estimate of drug-likeness (QED) is 0.170. The molecule has 0 saturated heterocycles. The van der Waals surface area contributed by atoms with Crippen molar-refractivity contribution < 1.29 is 31.9 Å². The van der Waals surface area contributed by atoms with Crippen molar-refractivity contribution in [2.24, 2.45) is 0 Å². The normalized spacial score (nSPS) is 12.7. The van der Waals surface area contributed by atoms with Crippen molar-refractivity contribution >= 4 is 17.0 Å². The van der Waals surface area contributed by atoms with E-state index in [4.69, 9.17) is 13.9 Å². The second kappa shape index (κ2) is 12.0. The molecule has 1 amide bonds. The van der Waals surface area contributed by atoms with Gasteiger partial charge in [0, 0.05) is 24.7 Å². The maximum atomic E-state index is 13.6. The summed E-state index contributed by atoms with van der Waals surface area (Å²) < 4.78 is 58.8. The van der Waals surface area contributed by atoms with Gasteiger partial charge < -0.3 is 18.8 Å². The van der Waals surface area contributed by atoms with Crippen LogP contribution >= 0.6 is 0 Å². The number of fused-ring (bicyclic) bond motifs is 2. The molecule has 0 bridgehead atoms. The number of hydrogen-bond acceptors (Lipinski definition) is 6. The fourth-order valence-electron chi connectivity index (χ4n) is 5.42. The van der Waals surface area contributed by atoms with Crippen molar-refractivity contribution in [1.82, 2.24) is 14.9 Å². The Hall–Kier alpha value is -5.64. The minimum absolute atomic E-state index is 0.0876. The number of hydrogen-bond donors (Lipinski definition) is 0. The molecule has 0 saturated carbocycles. The van der Waals surface area contributed by atoms with E-state index in [-0.39, 0.29) is 42.6 Å². The van der Waals surface area contributed by atoms with E-state index < -0.39 is 17.6 Å². The standard InChI is InChI=1S/C36H26F3N3O4/c37-36(38,39)29-13-7-12-26-19-42(20-28(26)29)35(43)25-14-16-30-31(18-25)46-34(40-30)27-15-17-32(44-21-23-8-3-1-4-9-23)41-33(27)45-22-24-10-5-2-6-11-24/h1-18H,19-22H2. The van der Waals surface area contributed by atoms with Crippen molar-refractivity contribution in [3.05, 3.63) is 143 Å². The van der Waals surface area contributed by atoms with Crippen LogP contribution in [0.5, 0.6) is 11.8 Å². The number of aromatic nitrogens is 2. The lowest BCUT2D eigenvalue weighted by Crippen LogP contribution is -2.25. The zero-order chi connectivity index (χ0) is 31.7. The zero-order valence-corrected chi connectivity index (χ0v) is 24.3. The highest BCUT2D eigenvalue weighted by Gasteiger charge is 2.37. The van der Waals surface area contributed by atoms with Gasteiger partial charge in [-0.25, -0.2) is 4.98 Å². The van der Waals surface area contributed by atoms with Gasteiger partial charge in [0.05, 0.1) is 11.1 Å². The van der Waals surface area contributed by atoms with E-state index in [1.807, 2.05) is 60.7 Å². The van der Waals surface area contributed by atoms with Gasteiger partial charge in [-0.3, -0.25) is 4.79 Å². The third kappa shape index (κ3) is 6.01. The van der Waals surface area contributed by atoms with Gasteiger partial charge in [-0.2, -0.15) is 18.2 Å². The number of carbonyl (C=O) groups is 1. The largest absolute Gasteiger partial charge is 0.473 e. The molecule has 0 unspecified atom stereocenters. The highest BCUT2D eigenvalue weighted by Crippen LogP contribution is 2.38. The summed E-state index contributed by atoms with van der Waals surface area (Å²) in [6, 6.07) is 31.6. The maximum Gasteiger partial charge on any atom is 0.416 e. The molecule has 0 spiro atoms. The molecule has 2 aromatic heterocycles. The summed E-state index contributed by atoms with van der Waals surface area (Å²) in [5.41, 5.74) is 3.42. The van der Waals surface area contributed by atoms with Gasteiger partial charge in [-0.15, -0.1) is 0 Å². The van der Waals surface area contributed by atoms with Gasteiger partial charge in [-0.05, 0) is 52.6 Å². The molecule has 4 aromatic carbocycles. The molecule has 1 aliphatic rings. The van der Waals surface area contributed by atoms with Crippen molar-refractivity contribution in [2.45, 2.75) is 32.5 Å². The van der Waals surface area contributed by atoms with E-state index in [0.29, 0.717) is 34.7 Å². The van der Waals surface area contributed by atoms with Crippen LogP contribution in [0.3, 0.4) is 0 Å². The molecular formula is C36H26F3N3O4. The lowest BCUT2D eigenvalue weighted by molar-refractivity contribution is -0.138. The fourth-order valence-corrected chi connectivity index (χ4v) is 5.42. The van der Waals surface area contributed by atoms with Gasteiger partial charge in [0.1, 0.15) is 18.7 Å². The monoisotopic (exact) mass is 621 g/mol. The molecule has 230 valence electrons. The number of carbonyl (C=O) groups excluding carboxylic acids is 1. The first-order valence-corrected chi connectivity index (χ1v) is 14.5. The minimum Gasteiger partial charge on any atom is -0.473 e. The zero-order valence-electron chi connectivity index (χ0n) is 24.3. The van der Waals surface area contributed by atoms with Crippen LogP contribution in [0.2, 0.25) is 0 Å². The number of nitrogens with zero attached hydrogens (tertiary/aromatic N) is 3. The summed E-state index contributed by atoms with van der Waals surface area (Å²) in [6.45, 7) is 0.529. The molecule has 0 fully saturated rings. The van der Waals surface area contributed by atoms with Crippen LogP contribution in [0.25, 0.3) is 22.6 Å². The topological polar surface area (TPSA) is 77.7 Å². The van der Waals surface area contributed by atoms with Gasteiger partial charge in [0.2, 0.25) is 17.7 Å². The summed E-state index contributed by atoms with van der Waals surface area (Å²) in [4.78, 5) is 24.0. The maximum absolute atomic E-state index is 13.6. The summed E-state index contributed by atoms with van der Waals surface area (Å²) >= 11 is 0. The Labute approximate surface area is 261 Å². The molecule has 3 heterocycles. The molecule has 1 aliphatic heterocycles. The number of ether oxygens (including phenoxy) is 2. The highest BCUT2D eigenvalue weighted by atomic mass is 19.4. The van der Waals surface area contributed by atoms with Gasteiger partial charge >= 0.3 is 6.18 Å². The first-order valence-electron chi connectivity index (χ1n) is 14.5. The average Bonchev–Trinajstić information content (AvgIpc) is 3.71. The predicted octanol–water partition coefficient (Wildman–Crippen LogP) is 8.22. The smallest absolute Gasteiger partial charge is 0.416 e. The predicted molar refractivity (Wildman–Crippen MR) is 164 cm³/mol. The van der Waals surface area contributed by atoms with Crippen LogP contribution in [0.1, 0.15) is 38.2 Å². The molecule has 0 N–H and O–H groups in total. The molecular weight excluding hydrogens is 595 g/mol. The first-order chi connectivity index (χ1) is 22.3. The molecule has 7 nitrogen and oxygen atoms in total. The fraction of sp³-hybridized carbons (Fsp3) is 0.139. The minimum atomic E-state index is -4.50. The lowest BCUT2D eigenvalue weighted by Gasteiger charge is -2.16. The number of alkyl halides is 3. The number of halogens is 3. The van der Waals surface area contributed by atoms with Gasteiger partial charge in [0.25, 0.3) is 5.91 Å². The van der Waals surface area contributed by atoms with E-state index in [0.717, 1.165) is 17.2 Å². The third-order valence-electron chi connectivity index (χ3n) is 7.72. The molecule has 0 radical (unpaired) electrons. The van der Waals surface area contributed by atoms with Crippen molar-refractivity contribution in [1.29, 1.82) is 0 Å². The summed E-state index contributed by atoms with van der Waals surface area (Å²) in [7, 11) is 0. The molecule has 0 aliphatic carbocycles.